The molecular formula is C19H16N4O2S2. The van der Waals surface area contributed by atoms with E-state index in [-0.39, 0.29) is 5.91 Å². The number of carbonyl (C=O) groups excluding carboxylic acids is 1. The maximum atomic E-state index is 12.3. The van der Waals surface area contributed by atoms with Crippen LogP contribution in [0.2, 0.25) is 0 Å². The molecule has 0 radical (unpaired) electrons. The van der Waals surface area contributed by atoms with E-state index in [2.05, 4.69) is 32.3 Å². The summed E-state index contributed by atoms with van der Waals surface area (Å²) >= 11 is 2.84. The summed E-state index contributed by atoms with van der Waals surface area (Å²) in [6, 6.07) is 15.1. The molecule has 0 aliphatic heterocycles. The van der Waals surface area contributed by atoms with Crippen LogP contribution in [-0.4, -0.2) is 23.4 Å². The molecule has 2 heterocycles. The predicted molar refractivity (Wildman–Crippen MR) is 112 cm³/mol. The molecule has 4 aromatic rings. The number of nitrogens with zero attached hydrogens (tertiary/aromatic N) is 2. The van der Waals surface area contributed by atoms with Gasteiger partial charge in [0, 0.05) is 23.2 Å². The molecule has 136 valence electrons. The number of nitroso groups, excluding NO2 is 1. The molecule has 6 nitrogen and oxygen atoms in total. The highest BCUT2D eigenvalue weighted by molar-refractivity contribution is 7.20. The Hall–Kier alpha value is -2.84. The Morgan fingerprint density at radius 2 is 1.96 bits per heavy atom. The van der Waals surface area contributed by atoms with E-state index in [1.807, 2.05) is 18.2 Å². The molecule has 0 saturated carbocycles. The minimum atomic E-state index is -0.101. The van der Waals surface area contributed by atoms with Crippen LogP contribution in [0, 0.1) is 4.91 Å². The SMILES string of the molecule is O=Nc1ccc2cc(C(=O)NCCCNc3nsc4ccccc34)sc2c1. The number of hydrogen-bond acceptors (Lipinski definition) is 7. The van der Waals surface area contributed by atoms with Crippen molar-refractivity contribution in [2.75, 3.05) is 18.4 Å². The number of carbonyl (C=O) groups is 1. The normalized spacial score (nSPS) is 11.0. The molecule has 2 aromatic carbocycles. The van der Waals surface area contributed by atoms with Gasteiger partial charge in [0.2, 0.25) is 0 Å². The molecule has 0 spiro atoms. The highest BCUT2D eigenvalue weighted by Crippen LogP contribution is 2.29. The van der Waals surface area contributed by atoms with Crippen LogP contribution in [0.5, 0.6) is 0 Å². The van der Waals surface area contributed by atoms with Crippen LogP contribution in [-0.2, 0) is 0 Å². The molecule has 2 aromatic heterocycles. The van der Waals surface area contributed by atoms with Crippen LogP contribution >= 0.6 is 22.9 Å². The lowest BCUT2D eigenvalue weighted by Gasteiger charge is -2.05. The van der Waals surface area contributed by atoms with Gasteiger partial charge in [-0.1, -0.05) is 18.2 Å². The summed E-state index contributed by atoms with van der Waals surface area (Å²) in [5, 5.41) is 11.3. The number of nitrogens with one attached hydrogen (secondary N) is 2. The molecule has 0 atom stereocenters. The fourth-order valence-electron chi connectivity index (χ4n) is 2.79. The van der Waals surface area contributed by atoms with Crippen LogP contribution < -0.4 is 10.6 Å². The standard InChI is InChI=1S/C19H16N4O2S2/c24-19(17-10-12-6-7-13(22-25)11-16(12)26-17)21-9-3-8-20-18-14-4-1-2-5-15(14)27-23-18/h1-2,4-7,10-11H,3,8-9H2,(H,20,23)(H,21,24). The van der Waals surface area contributed by atoms with Gasteiger partial charge >= 0.3 is 0 Å². The number of thiophene rings is 1. The molecule has 8 heteroatoms. The van der Waals surface area contributed by atoms with Crippen molar-refractivity contribution in [3.8, 4) is 0 Å². The number of aromatic nitrogens is 1. The molecule has 2 N–H and O–H groups in total. The summed E-state index contributed by atoms with van der Waals surface area (Å²) < 4.78 is 6.47. The van der Waals surface area contributed by atoms with Crippen LogP contribution in [0.15, 0.2) is 53.7 Å². The van der Waals surface area contributed by atoms with Crippen molar-refractivity contribution < 1.29 is 4.79 Å². The van der Waals surface area contributed by atoms with Crippen molar-refractivity contribution in [1.29, 1.82) is 0 Å². The number of anilines is 1. The third-order valence-corrected chi connectivity index (χ3v) is 6.07. The van der Waals surface area contributed by atoms with Gasteiger partial charge in [0.15, 0.2) is 0 Å². The topological polar surface area (TPSA) is 83.5 Å². The summed E-state index contributed by atoms with van der Waals surface area (Å²) in [5.74, 6) is 0.793. The maximum absolute atomic E-state index is 12.3. The third-order valence-electron chi connectivity index (χ3n) is 4.14. The number of fused-ring (bicyclic) bond motifs is 2. The van der Waals surface area contributed by atoms with Crippen LogP contribution in [0.1, 0.15) is 16.1 Å². The molecule has 0 bridgehead atoms. The van der Waals surface area contributed by atoms with Crippen LogP contribution in [0.25, 0.3) is 20.2 Å². The average Bonchev–Trinajstić information content (AvgIpc) is 3.31. The minimum absolute atomic E-state index is 0.101. The highest BCUT2D eigenvalue weighted by atomic mass is 32.1. The van der Waals surface area contributed by atoms with Gasteiger partial charge in [-0.2, -0.15) is 4.37 Å². The highest BCUT2D eigenvalue weighted by Gasteiger charge is 2.10. The zero-order valence-corrected chi connectivity index (χ0v) is 15.9. The summed E-state index contributed by atoms with van der Waals surface area (Å²) in [5.41, 5.74) is 0.372. The van der Waals surface area contributed by atoms with E-state index in [0.717, 1.165) is 39.0 Å². The Kier molecular flexibility index (Phi) is 5.08. The first-order valence-corrected chi connectivity index (χ1v) is 10.1. The Morgan fingerprint density at radius 3 is 2.85 bits per heavy atom. The van der Waals surface area contributed by atoms with E-state index < -0.39 is 0 Å². The van der Waals surface area contributed by atoms with Gasteiger partial charge in [-0.05, 0) is 58.8 Å². The first-order valence-electron chi connectivity index (χ1n) is 8.48. The van der Waals surface area contributed by atoms with Crippen LogP contribution in [0.4, 0.5) is 11.5 Å². The quantitative estimate of drug-likeness (QED) is 0.335. The molecule has 4 rings (SSSR count). The smallest absolute Gasteiger partial charge is 0.261 e. The van der Waals surface area contributed by atoms with Gasteiger partial charge in [-0.25, -0.2) is 0 Å². The van der Waals surface area contributed by atoms with Crippen molar-refractivity contribution in [1.82, 2.24) is 9.69 Å². The van der Waals surface area contributed by atoms with Gasteiger partial charge in [-0.3, -0.25) is 4.79 Å². The second-order valence-electron chi connectivity index (χ2n) is 5.99. The molecule has 0 saturated heterocycles. The van der Waals surface area contributed by atoms with E-state index in [0.29, 0.717) is 17.1 Å². The van der Waals surface area contributed by atoms with Gasteiger partial charge in [0.05, 0.1) is 9.58 Å². The molecule has 0 aliphatic rings. The van der Waals surface area contributed by atoms with E-state index in [4.69, 9.17) is 0 Å². The largest absolute Gasteiger partial charge is 0.369 e. The zero-order valence-electron chi connectivity index (χ0n) is 14.3. The lowest BCUT2D eigenvalue weighted by atomic mass is 10.2. The Balaban J connectivity index is 1.29. The molecule has 0 unspecified atom stereocenters. The van der Waals surface area contributed by atoms with E-state index in [1.54, 1.807) is 18.2 Å². The Morgan fingerprint density at radius 1 is 1.07 bits per heavy atom. The predicted octanol–water partition coefficient (Wildman–Crippen LogP) is 5.14. The molecule has 1 amide bonds. The van der Waals surface area contributed by atoms with Crippen molar-refractivity contribution in [2.45, 2.75) is 6.42 Å². The number of rotatable bonds is 7. The summed E-state index contributed by atoms with van der Waals surface area (Å²) in [4.78, 5) is 23.6. The van der Waals surface area contributed by atoms with E-state index in [9.17, 15) is 9.70 Å². The van der Waals surface area contributed by atoms with E-state index in [1.165, 1.54) is 22.9 Å². The van der Waals surface area contributed by atoms with Crippen molar-refractivity contribution in [2.24, 2.45) is 5.18 Å². The summed E-state index contributed by atoms with van der Waals surface area (Å²) in [6.45, 7) is 1.30. The summed E-state index contributed by atoms with van der Waals surface area (Å²) in [7, 11) is 0. The number of hydrogen-bond donors (Lipinski definition) is 2. The first-order chi connectivity index (χ1) is 13.2. The fourth-order valence-corrected chi connectivity index (χ4v) is 4.55. The van der Waals surface area contributed by atoms with E-state index >= 15 is 0 Å². The molecule has 27 heavy (non-hydrogen) atoms. The second-order valence-corrected chi connectivity index (χ2v) is 7.88. The third kappa shape index (κ3) is 3.81. The zero-order chi connectivity index (χ0) is 18.6. The van der Waals surface area contributed by atoms with Gasteiger partial charge < -0.3 is 10.6 Å². The Bertz CT molecular complexity index is 1120. The van der Waals surface area contributed by atoms with Gasteiger partial charge in [-0.15, -0.1) is 16.2 Å². The monoisotopic (exact) mass is 396 g/mol. The second kappa shape index (κ2) is 7.81. The number of benzene rings is 2. The minimum Gasteiger partial charge on any atom is -0.369 e. The lowest BCUT2D eigenvalue weighted by Crippen LogP contribution is -2.25. The van der Waals surface area contributed by atoms with Crippen LogP contribution in [0.3, 0.4) is 0 Å². The fraction of sp³-hybridized carbons (Fsp3) is 0.158. The lowest BCUT2D eigenvalue weighted by molar-refractivity contribution is 0.0957. The van der Waals surface area contributed by atoms with Gasteiger partial charge in [0.25, 0.3) is 5.91 Å². The Labute approximate surface area is 163 Å². The molecule has 0 fully saturated rings. The maximum Gasteiger partial charge on any atom is 0.261 e. The van der Waals surface area contributed by atoms with Crippen molar-refractivity contribution >= 4 is 60.5 Å². The molecule has 0 aliphatic carbocycles. The first kappa shape index (κ1) is 17.6. The molecular weight excluding hydrogens is 380 g/mol. The van der Waals surface area contributed by atoms with Gasteiger partial charge in [0.1, 0.15) is 11.5 Å². The van der Waals surface area contributed by atoms with Crippen molar-refractivity contribution in [3.05, 3.63) is 58.3 Å². The summed E-state index contributed by atoms with van der Waals surface area (Å²) in [6.07, 6.45) is 0.793. The average molecular weight is 396 g/mol. The van der Waals surface area contributed by atoms with Crippen molar-refractivity contribution in [3.63, 3.8) is 0 Å². The number of amides is 1.